The van der Waals surface area contributed by atoms with Crippen LogP contribution in [0, 0.1) is 13.8 Å². The molecule has 0 fully saturated rings. The van der Waals surface area contributed by atoms with Gasteiger partial charge in [0, 0.05) is 34.9 Å². The molecule has 0 spiro atoms. The fraction of sp³-hybridized carbons (Fsp3) is 0.600. The van der Waals surface area contributed by atoms with Crippen LogP contribution >= 0.6 is 0 Å². The highest BCUT2D eigenvalue weighted by atomic mass is 32.2. The lowest BCUT2D eigenvalue weighted by atomic mass is 10.3. The summed E-state index contributed by atoms with van der Waals surface area (Å²) in [6, 6.07) is 0. The van der Waals surface area contributed by atoms with Gasteiger partial charge in [-0.1, -0.05) is 0 Å². The molecule has 5 nitrogen and oxygen atoms in total. The number of hydrogen-bond donors (Lipinski definition) is 2. The predicted octanol–water partition coefficient (Wildman–Crippen LogP) is 0.856. The van der Waals surface area contributed by atoms with E-state index in [4.69, 9.17) is 5.73 Å². The Kier molecular flexibility index (Phi) is 4.67. The van der Waals surface area contributed by atoms with Gasteiger partial charge in [-0.25, -0.2) is 9.97 Å². The number of hydrogen-bond acceptors (Lipinski definition) is 5. The van der Waals surface area contributed by atoms with Crippen LogP contribution in [0.25, 0.3) is 0 Å². The maximum absolute atomic E-state index is 10.9. The van der Waals surface area contributed by atoms with E-state index < -0.39 is 10.8 Å². The van der Waals surface area contributed by atoms with Gasteiger partial charge in [-0.3, -0.25) is 4.21 Å². The van der Waals surface area contributed by atoms with Crippen molar-refractivity contribution in [3.8, 4) is 0 Å². The second-order valence-electron chi connectivity index (χ2n) is 3.69. The molecule has 1 unspecified atom stereocenters. The first-order valence-corrected chi connectivity index (χ1v) is 6.88. The zero-order valence-corrected chi connectivity index (χ0v) is 10.7. The molecule has 1 rings (SSSR count). The first-order valence-electron chi connectivity index (χ1n) is 5.15. The number of nitrogens with one attached hydrogen (secondary N) is 1. The lowest BCUT2D eigenvalue weighted by Crippen LogP contribution is -2.11. The van der Waals surface area contributed by atoms with E-state index in [1.54, 1.807) is 6.26 Å². The van der Waals surface area contributed by atoms with Crippen molar-refractivity contribution in [3.63, 3.8) is 0 Å². The third-order valence-electron chi connectivity index (χ3n) is 2.20. The quantitative estimate of drug-likeness (QED) is 0.748. The van der Waals surface area contributed by atoms with Crippen molar-refractivity contribution >= 4 is 22.4 Å². The second kappa shape index (κ2) is 5.79. The van der Waals surface area contributed by atoms with E-state index in [-0.39, 0.29) is 0 Å². The van der Waals surface area contributed by atoms with Crippen molar-refractivity contribution in [2.75, 3.05) is 29.6 Å². The van der Waals surface area contributed by atoms with Crippen molar-refractivity contribution in [3.05, 3.63) is 11.4 Å². The summed E-state index contributed by atoms with van der Waals surface area (Å²) >= 11 is 0. The molecule has 0 aliphatic carbocycles. The van der Waals surface area contributed by atoms with E-state index in [0.717, 1.165) is 24.3 Å². The zero-order chi connectivity index (χ0) is 12.1. The maximum atomic E-state index is 10.9. The van der Waals surface area contributed by atoms with E-state index in [1.807, 2.05) is 13.8 Å². The van der Waals surface area contributed by atoms with Crippen molar-refractivity contribution in [2.45, 2.75) is 20.3 Å². The average Bonchev–Trinajstić information content (AvgIpc) is 2.19. The molecule has 1 aromatic heterocycles. The van der Waals surface area contributed by atoms with Crippen LogP contribution in [0.5, 0.6) is 0 Å². The van der Waals surface area contributed by atoms with Crippen molar-refractivity contribution < 1.29 is 4.21 Å². The zero-order valence-electron chi connectivity index (χ0n) is 9.91. The Morgan fingerprint density at radius 2 is 2.06 bits per heavy atom. The highest BCUT2D eigenvalue weighted by Crippen LogP contribution is 2.16. The lowest BCUT2D eigenvalue weighted by Gasteiger charge is -2.10. The van der Waals surface area contributed by atoms with Gasteiger partial charge in [0.15, 0.2) is 0 Å². The summed E-state index contributed by atoms with van der Waals surface area (Å²) in [6.45, 7) is 4.44. The molecule has 0 bridgehead atoms. The summed E-state index contributed by atoms with van der Waals surface area (Å²) in [4.78, 5) is 8.34. The molecule has 0 radical (unpaired) electrons. The van der Waals surface area contributed by atoms with Gasteiger partial charge in [0.2, 0.25) is 0 Å². The molecule has 6 heteroatoms. The molecule has 90 valence electrons. The Morgan fingerprint density at radius 3 is 2.69 bits per heavy atom. The smallest absolute Gasteiger partial charge is 0.134 e. The maximum Gasteiger partial charge on any atom is 0.134 e. The minimum Gasteiger partial charge on any atom is -0.383 e. The third-order valence-corrected chi connectivity index (χ3v) is 3.06. The van der Waals surface area contributed by atoms with E-state index in [0.29, 0.717) is 17.4 Å². The molecule has 1 heterocycles. The highest BCUT2D eigenvalue weighted by Gasteiger charge is 2.05. The van der Waals surface area contributed by atoms with Gasteiger partial charge < -0.3 is 11.1 Å². The largest absolute Gasteiger partial charge is 0.383 e. The van der Waals surface area contributed by atoms with Crippen LogP contribution in [0.3, 0.4) is 0 Å². The standard InChI is InChI=1S/C10H18N4OS/c1-7-9(11)13-8(2)14-10(7)12-5-4-6-16(3)15/h4-6H2,1-3H3,(H3,11,12,13,14). The Hall–Kier alpha value is -1.17. The predicted molar refractivity (Wildman–Crippen MR) is 68.0 cm³/mol. The molecule has 3 N–H and O–H groups in total. The minimum absolute atomic E-state index is 0.508. The van der Waals surface area contributed by atoms with Crippen LogP contribution in [-0.4, -0.2) is 32.7 Å². The second-order valence-corrected chi connectivity index (χ2v) is 5.24. The SMILES string of the molecule is Cc1nc(N)c(C)c(NCCCS(C)=O)n1. The van der Waals surface area contributed by atoms with Gasteiger partial charge in [-0.2, -0.15) is 0 Å². The van der Waals surface area contributed by atoms with Gasteiger partial charge in [-0.15, -0.1) is 0 Å². The van der Waals surface area contributed by atoms with E-state index in [1.165, 1.54) is 0 Å². The molecule has 1 aromatic rings. The molecule has 0 saturated heterocycles. The van der Waals surface area contributed by atoms with E-state index in [9.17, 15) is 4.21 Å². The molecule has 0 aliphatic rings. The molecular formula is C10H18N4OS. The summed E-state index contributed by atoms with van der Waals surface area (Å²) in [6.07, 6.45) is 2.56. The molecule has 16 heavy (non-hydrogen) atoms. The number of aromatic nitrogens is 2. The fourth-order valence-electron chi connectivity index (χ4n) is 1.30. The highest BCUT2D eigenvalue weighted by molar-refractivity contribution is 7.84. The van der Waals surface area contributed by atoms with Gasteiger partial charge in [0.1, 0.15) is 17.5 Å². The number of nitrogens with two attached hydrogens (primary N) is 1. The van der Waals surface area contributed by atoms with Crippen LogP contribution < -0.4 is 11.1 Å². The minimum atomic E-state index is -0.735. The molecule has 0 aromatic carbocycles. The first kappa shape index (κ1) is 12.9. The van der Waals surface area contributed by atoms with Crippen LogP contribution in [-0.2, 0) is 10.8 Å². The van der Waals surface area contributed by atoms with Gasteiger partial charge >= 0.3 is 0 Å². The summed E-state index contributed by atoms with van der Waals surface area (Å²) < 4.78 is 10.9. The van der Waals surface area contributed by atoms with Gasteiger partial charge in [0.05, 0.1) is 0 Å². The normalized spacial score (nSPS) is 12.4. The van der Waals surface area contributed by atoms with E-state index in [2.05, 4.69) is 15.3 Å². The van der Waals surface area contributed by atoms with E-state index >= 15 is 0 Å². The van der Waals surface area contributed by atoms with Crippen LogP contribution in [0.4, 0.5) is 11.6 Å². The third kappa shape index (κ3) is 3.77. The molecule has 0 aliphatic heterocycles. The van der Waals surface area contributed by atoms with Crippen LogP contribution in [0.2, 0.25) is 0 Å². The van der Waals surface area contributed by atoms with Crippen LogP contribution in [0.15, 0.2) is 0 Å². The molecular weight excluding hydrogens is 224 g/mol. The molecule has 1 atom stereocenters. The van der Waals surface area contributed by atoms with Gasteiger partial charge in [0.25, 0.3) is 0 Å². The fourth-order valence-corrected chi connectivity index (χ4v) is 1.86. The lowest BCUT2D eigenvalue weighted by molar-refractivity contribution is 0.685. The molecule has 0 amide bonds. The monoisotopic (exact) mass is 242 g/mol. The Labute approximate surface area is 98.3 Å². The number of nitrogens with zero attached hydrogens (tertiary/aromatic N) is 2. The van der Waals surface area contributed by atoms with Crippen LogP contribution in [0.1, 0.15) is 17.8 Å². The Bertz CT molecular complexity index is 395. The number of anilines is 2. The number of aryl methyl sites for hydroxylation is 1. The Balaban J connectivity index is 2.57. The summed E-state index contributed by atoms with van der Waals surface area (Å²) in [5.41, 5.74) is 6.60. The van der Waals surface area contributed by atoms with Crippen molar-refractivity contribution in [1.82, 2.24) is 9.97 Å². The number of nitrogen functional groups attached to an aromatic ring is 1. The van der Waals surface area contributed by atoms with Crippen molar-refractivity contribution in [1.29, 1.82) is 0 Å². The summed E-state index contributed by atoms with van der Waals surface area (Å²) in [7, 11) is -0.735. The topological polar surface area (TPSA) is 80.9 Å². The first-order chi connectivity index (χ1) is 7.50. The van der Waals surface area contributed by atoms with Gasteiger partial charge in [-0.05, 0) is 20.3 Å². The van der Waals surface area contributed by atoms with Crippen molar-refractivity contribution in [2.24, 2.45) is 0 Å². The Morgan fingerprint density at radius 1 is 1.38 bits per heavy atom. The average molecular weight is 242 g/mol. The number of rotatable bonds is 5. The summed E-state index contributed by atoms with van der Waals surface area (Å²) in [5.74, 6) is 2.64. The molecule has 0 saturated carbocycles. The summed E-state index contributed by atoms with van der Waals surface area (Å²) in [5, 5.41) is 3.18.